The Bertz CT molecular complexity index is 1230. The van der Waals surface area contributed by atoms with E-state index in [9.17, 15) is 9.90 Å². The van der Waals surface area contributed by atoms with Crippen molar-refractivity contribution in [3.05, 3.63) is 77.4 Å². The summed E-state index contributed by atoms with van der Waals surface area (Å²) >= 11 is 0. The summed E-state index contributed by atoms with van der Waals surface area (Å²) in [4.78, 5) is 13.4. The third kappa shape index (κ3) is 6.18. The average Bonchev–Trinajstić information content (AvgIpc) is 2.89. The fourth-order valence-electron chi connectivity index (χ4n) is 4.43. The number of carbonyl (C=O) groups excluding carboxylic acids is 1. The third-order valence-corrected chi connectivity index (χ3v) is 7.90. The smallest absolute Gasteiger partial charge is 0.265 e. The van der Waals surface area contributed by atoms with Crippen LogP contribution in [0, 0.1) is 6.92 Å². The lowest BCUT2D eigenvalue weighted by Crippen LogP contribution is -2.33. The Balaban J connectivity index is 1.92. The van der Waals surface area contributed by atoms with E-state index in [-0.39, 0.29) is 22.5 Å². The molecular formula is C33H43NO3. The summed E-state index contributed by atoms with van der Waals surface area (Å²) in [6.45, 7) is 17.2. The maximum absolute atomic E-state index is 13.4. The molecule has 0 spiro atoms. The third-order valence-electron chi connectivity index (χ3n) is 7.90. The van der Waals surface area contributed by atoms with Gasteiger partial charge in [0.1, 0.15) is 11.5 Å². The van der Waals surface area contributed by atoms with Crippen molar-refractivity contribution in [3.63, 3.8) is 0 Å². The molecule has 37 heavy (non-hydrogen) atoms. The topological polar surface area (TPSA) is 58.6 Å². The van der Waals surface area contributed by atoms with Crippen molar-refractivity contribution in [3.8, 4) is 22.6 Å². The number of ether oxygens (including phenoxy) is 1. The van der Waals surface area contributed by atoms with Gasteiger partial charge < -0.3 is 15.2 Å². The van der Waals surface area contributed by atoms with Crippen molar-refractivity contribution in [2.75, 3.05) is 5.32 Å². The SMILES string of the molecule is CCC(Oc1ccc(C(C)(C)CC)cc1C(C)(C)CC)C(=O)Nc1ccc(C)c(-c2ccccc2)c1O. The number of hydrogen-bond donors (Lipinski definition) is 2. The Morgan fingerprint density at radius 2 is 1.57 bits per heavy atom. The number of benzene rings is 3. The van der Waals surface area contributed by atoms with Gasteiger partial charge >= 0.3 is 0 Å². The van der Waals surface area contributed by atoms with E-state index < -0.39 is 6.10 Å². The number of hydrogen-bond acceptors (Lipinski definition) is 3. The van der Waals surface area contributed by atoms with Crippen LogP contribution in [0.5, 0.6) is 11.5 Å². The highest BCUT2D eigenvalue weighted by atomic mass is 16.5. The molecule has 0 heterocycles. The monoisotopic (exact) mass is 501 g/mol. The van der Waals surface area contributed by atoms with Gasteiger partial charge in [-0.3, -0.25) is 4.79 Å². The number of phenolic OH excluding ortho intramolecular Hbond substituents is 1. The maximum Gasteiger partial charge on any atom is 0.265 e. The van der Waals surface area contributed by atoms with E-state index in [4.69, 9.17) is 4.74 Å². The minimum atomic E-state index is -0.697. The summed E-state index contributed by atoms with van der Waals surface area (Å²) in [5.74, 6) is 0.523. The molecule has 0 bridgehead atoms. The first-order valence-corrected chi connectivity index (χ1v) is 13.5. The van der Waals surface area contributed by atoms with Gasteiger partial charge in [-0.2, -0.15) is 0 Å². The number of aromatic hydroxyl groups is 1. The van der Waals surface area contributed by atoms with Gasteiger partial charge in [0.05, 0.1) is 5.69 Å². The molecule has 1 unspecified atom stereocenters. The van der Waals surface area contributed by atoms with Gasteiger partial charge in [-0.1, -0.05) is 97.0 Å². The highest BCUT2D eigenvalue weighted by Gasteiger charge is 2.29. The summed E-state index contributed by atoms with van der Waals surface area (Å²) in [5, 5.41) is 14.0. The van der Waals surface area contributed by atoms with Crippen LogP contribution in [0.1, 0.15) is 84.4 Å². The zero-order valence-corrected chi connectivity index (χ0v) is 23.7. The summed E-state index contributed by atoms with van der Waals surface area (Å²) < 4.78 is 6.40. The molecule has 198 valence electrons. The lowest BCUT2D eigenvalue weighted by Gasteiger charge is -2.31. The van der Waals surface area contributed by atoms with Crippen LogP contribution in [0.3, 0.4) is 0 Å². The predicted molar refractivity (Wildman–Crippen MR) is 155 cm³/mol. The average molecular weight is 502 g/mol. The number of carbonyl (C=O) groups is 1. The molecule has 0 aliphatic carbocycles. The second-order valence-electron chi connectivity index (χ2n) is 11.2. The minimum absolute atomic E-state index is 0.0536. The van der Waals surface area contributed by atoms with Crippen LogP contribution in [0.4, 0.5) is 5.69 Å². The molecule has 3 aromatic rings. The highest BCUT2D eigenvalue weighted by molar-refractivity contribution is 5.97. The second-order valence-corrected chi connectivity index (χ2v) is 11.2. The molecule has 4 heteroatoms. The van der Waals surface area contributed by atoms with Crippen LogP contribution in [-0.2, 0) is 15.6 Å². The molecule has 0 saturated heterocycles. The molecule has 0 aliphatic heterocycles. The van der Waals surface area contributed by atoms with Crippen molar-refractivity contribution < 1.29 is 14.6 Å². The molecule has 2 N–H and O–H groups in total. The van der Waals surface area contributed by atoms with Crippen molar-refractivity contribution in [2.24, 2.45) is 0 Å². The van der Waals surface area contributed by atoms with Crippen LogP contribution in [0.2, 0.25) is 0 Å². The number of amides is 1. The van der Waals surface area contributed by atoms with Gasteiger partial charge in [0.15, 0.2) is 6.10 Å². The van der Waals surface area contributed by atoms with E-state index in [0.717, 1.165) is 35.3 Å². The Labute approximate surface area is 223 Å². The molecule has 0 saturated carbocycles. The first kappa shape index (κ1) is 28.3. The molecule has 1 amide bonds. The van der Waals surface area contributed by atoms with E-state index >= 15 is 0 Å². The van der Waals surface area contributed by atoms with Gasteiger partial charge in [-0.25, -0.2) is 0 Å². The molecule has 0 fully saturated rings. The minimum Gasteiger partial charge on any atom is -0.505 e. The van der Waals surface area contributed by atoms with Crippen molar-refractivity contribution >= 4 is 11.6 Å². The number of phenols is 1. The van der Waals surface area contributed by atoms with E-state index in [1.807, 2.05) is 56.3 Å². The Morgan fingerprint density at radius 3 is 2.16 bits per heavy atom. The summed E-state index contributed by atoms with van der Waals surface area (Å²) in [6.07, 6.45) is 1.78. The molecule has 3 aromatic carbocycles. The first-order chi connectivity index (χ1) is 17.4. The van der Waals surface area contributed by atoms with Gasteiger partial charge in [-0.15, -0.1) is 0 Å². The van der Waals surface area contributed by atoms with E-state index in [1.165, 1.54) is 5.56 Å². The molecule has 0 aliphatic rings. The molecule has 3 rings (SSSR count). The lowest BCUT2D eigenvalue weighted by molar-refractivity contribution is -0.122. The fraction of sp³-hybridized carbons (Fsp3) is 0.424. The Kier molecular flexibility index (Phi) is 8.73. The predicted octanol–water partition coefficient (Wildman–Crippen LogP) is 8.54. The van der Waals surface area contributed by atoms with E-state index in [1.54, 1.807) is 6.07 Å². The molecular weight excluding hydrogens is 458 g/mol. The summed E-state index contributed by atoms with van der Waals surface area (Å²) in [5.41, 5.74) is 5.27. The van der Waals surface area contributed by atoms with Crippen LogP contribution >= 0.6 is 0 Å². The van der Waals surface area contributed by atoms with E-state index in [0.29, 0.717) is 17.7 Å². The van der Waals surface area contributed by atoms with Gasteiger partial charge in [0, 0.05) is 11.1 Å². The number of nitrogens with one attached hydrogen (secondary N) is 1. The number of anilines is 1. The maximum atomic E-state index is 13.4. The van der Waals surface area contributed by atoms with Gasteiger partial charge in [-0.05, 0) is 65.8 Å². The van der Waals surface area contributed by atoms with E-state index in [2.05, 4.69) is 59.0 Å². The largest absolute Gasteiger partial charge is 0.505 e. The molecule has 0 radical (unpaired) electrons. The molecule has 4 nitrogen and oxygen atoms in total. The standard InChI is InChI=1S/C33H43NO3/c1-9-27(37-28-20-18-24(32(5,6)10-2)21-25(28)33(7,8)11-3)31(36)34-26-19-17-22(4)29(30(26)35)23-15-13-12-14-16-23/h12-21,27,35H,9-11H2,1-8H3,(H,34,36). The highest BCUT2D eigenvalue weighted by Crippen LogP contribution is 2.40. The Hall–Kier alpha value is -3.27. The van der Waals surface area contributed by atoms with Crippen LogP contribution in [-0.4, -0.2) is 17.1 Å². The van der Waals surface area contributed by atoms with Crippen LogP contribution in [0.25, 0.3) is 11.1 Å². The van der Waals surface area contributed by atoms with Crippen molar-refractivity contribution in [1.29, 1.82) is 0 Å². The first-order valence-electron chi connectivity index (χ1n) is 13.5. The number of rotatable bonds is 10. The van der Waals surface area contributed by atoms with Crippen molar-refractivity contribution in [1.82, 2.24) is 0 Å². The second kappa shape index (κ2) is 11.4. The fourth-order valence-corrected chi connectivity index (χ4v) is 4.43. The van der Waals surface area contributed by atoms with Crippen molar-refractivity contribution in [2.45, 2.75) is 91.6 Å². The zero-order valence-electron chi connectivity index (χ0n) is 23.7. The Morgan fingerprint density at radius 1 is 0.919 bits per heavy atom. The summed E-state index contributed by atoms with van der Waals surface area (Å²) in [7, 11) is 0. The summed E-state index contributed by atoms with van der Waals surface area (Å²) in [6, 6.07) is 19.8. The van der Waals surface area contributed by atoms with Gasteiger partial charge in [0.2, 0.25) is 0 Å². The lowest BCUT2D eigenvalue weighted by atomic mass is 9.76. The molecule has 1 atom stereocenters. The molecule has 0 aromatic heterocycles. The number of aryl methyl sites for hydroxylation is 1. The normalized spacial score (nSPS) is 12.8. The van der Waals surface area contributed by atoms with Gasteiger partial charge in [0.25, 0.3) is 5.91 Å². The zero-order chi connectivity index (χ0) is 27.4. The van der Waals surface area contributed by atoms with Crippen LogP contribution < -0.4 is 10.1 Å². The quantitative estimate of drug-likeness (QED) is 0.274. The van der Waals surface area contributed by atoms with Crippen LogP contribution in [0.15, 0.2) is 60.7 Å².